The minimum atomic E-state index is -5.71. The zero-order chi connectivity index (χ0) is 53.7. The second-order valence-electron chi connectivity index (χ2n) is 18.8. The second kappa shape index (κ2) is 35.0. The Bertz CT molecular complexity index is 2040. The number of Topliss-reactive ketones (excluding diaryl/α,β-unsaturated/α-hetero) is 1. The largest absolute Gasteiger partial charge is 0.481 e. The van der Waals surface area contributed by atoms with Crippen LogP contribution in [0.5, 0.6) is 0 Å². The molecule has 23 heteroatoms. The van der Waals surface area contributed by atoms with E-state index >= 15 is 0 Å². The molecular formula is C50H83N3O18P2. The molecule has 0 aliphatic carbocycles. The van der Waals surface area contributed by atoms with Crippen molar-refractivity contribution < 1.29 is 81.3 Å². The van der Waals surface area contributed by atoms with Gasteiger partial charge in [-0.1, -0.05) is 121 Å². The van der Waals surface area contributed by atoms with Gasteiger partial charge in [0.05, 0.1) is 37.4 Å². The third-order valence-electron chi connectivity index (χ3n) is 12.6. The molecule has 11 atom stereocenters. The number of phosphoric acid groups is 2. The highest BCUT2D eigenvalue weighted by molar-refractivity contribution is 7.61. The number of nitrogens with two attached hydrogens (primary N) is 1. The molecule has 2 aliphatic heterocycles. The van der Waals surface area contributed by atoms with Gasteiger partial charge in [0.25, 0.3) is 0 Å². The predicted molar refractivity (Wildman–Crippen MR) is 271 cm³/mol. The Hall–Kier alpha value is -3.43. The highest BCUT2D eigenvalue weighted by Crippen LogP contribution is 2.60. The fraction of sp³-hybridized carbons (Fsp3) is 0.740. The maximum atomic E-state index is 14.3. The third kappa shape index (κ3) is 25.8. The van der Waals surface area contributed by atoms with Gasteiger partial charge in [-0.05, 0) is 63.9 Å². The van der Waals surface area contributed by atoms with Gasteiger partial charge in [0, 0.05) is 31.4 Å². The number of fused-ring (bicyclic) bond motifs is 3. The summed E-state index contributed by atoms with van der Waals surface area (Å²) in [6.45, 7) is 1.45. The lowest BCUT2D eigenvalue weighted by Gasteiger charge is -2.38. The third-order valence-corrected chi connectivity index (χ3v) is 15.2. The number of unbranched alkanes of at least 4 members (excludes halogenated alkanes) is 10. The first kappa shape index (κ1) is 63.9. The number of esters is 2. The number of phosphoric ester groups is 2. The lowest BCUT2D eigenvalue weighted by atomic mass is 9.83. The number of cyclic esters (lactones) is 1. The Balaban J connectivity index is 1.77. The van der Waals surface area contributed by atoms with Crippen molar-refractivity contribution in [3.8, 4) is 0 Å². The zero-order valence-corrected chi connectivity index (χ0v) is 44.4. The van der Waals surface area contributed by atoms with Crippen molar-refractivity contribution >= 4 is 39.2 Å². The van der Waals surface area contributed by atoms with Gasteiger partial charge in [-0.15, -0.1) is 0 Å². The van der Waals surface area contributed by atoms with Crippen LogP contribution < -0.4 is 11.4 Å². The van der Waals surface area contributed by atoms with Crippen molar-refractivity contribution in [1.29, 1.82) is 0 Å². The molecule has 0 amide bonds. The Labute approximate surface area is 429 Å². The lowest BCUT2D eigenvalue weighted by molar-refractivity contribution is -0.184. The van der Waals surface area contributed by atoms with Crippen molar-refractivity contribution in [3.05, 3.63) is 59.2 Å². The second-order valence-corrected chi connectivity index (χ2v) is 21.8. The predicted octanol–water partition coefficient (Wildman–Crippen LogP) is 7.37. The zero-order valence-electron chi connectivity index (χ0n) is 42.6. The highest BCUT2D eigenvalue weighted by atomic mass is 31.3. The van der Waals surface area contributed by atoms with Crippen molar-refractivity contribution in [2.24, 2.45) is 11.8 Å². The summed E-state index contributed by atoms with van der Waals surface area (Å²) in [5, 5.41) is 45.5. The summed E-state index contributed by atoms with van der Waals surface area (Å²) in [6.07, 6.45) is 15.0. The molecule has 2 saturated heterocycles. The molecule has 8 N–H and O–H groups in total. The first-order valence-corrected chi connectivity index (χ1v) is 29.1. The van der Waals surface area contributed by atoms with Gasteiger partial charge >= 0.3 is 33.3 Å². The number of ketones is 1. The highest BCUT2D eigenvalue weighted by Gasteiger charge is 2.45. The number of anilines is 1. The number of aliphatic hydroxyl groups excluding tert-OH is 4. The molecule has 3 heterocycles. The summed E-state index contributed by atoms with van der Waals surface area (Å²) in [6, 6.07) is 1.23. The summed E-state index contributed by atoms with van der Waals surface area (Å²) in [5.41, 5.74) is 4.75. The van der Waals surface area contributed by atoms with Gasteiger partial charge < -0.3 is 50.2 Å². The lowest BCUT2D eigenvalue weighted by Crippen LogP contribution is -2.51. The first-order chi connectivity index (χ1) is 34.9. The van der Waals surface area contributed by atoms with Crippen LogP contribution in [0, 0.1) is 11.8 Å². The van der Waals surface area contributed by atoms with E-state index < -0.39 is 120 Å². The van der Waals surface area contributed by atoms with Crippen LogP contribution in [0.4, 0.5) is 5.82 Å². The number of hydrogen-bond acceptors (Lipinski definition) is 18. The van der Waals surface area contributed by atoms with Crippen LogP contribution in [0.3, 0.4) is 0 Å². The molecule has 21 nitrogen and oxygen atoms in total. The van der Waals surface area contributed by atoms with E-state index in [1.807, 2.05) is 6.92 Å². The molecule has 2 unspecified atom stereocenters. The Morgan fingerprint density at radius 1 is 0.863 bits per heavy atom. The summed E-state index contributed by atoms with van der Waals surface area (Å²) >= 11 is 0. The van der Waals surface area contributed by atoms with E-state index in [0.717, 1.165) is 62.4 Å². The summed E-state index contributed by atoms with van der Waals surface area (Å²) in [4.78, 5) is 78.4. The maximum Gasteiger partial charge on any atom is 0.481 e. The van der Waals surface area contributed by atoms with Crippen molar-refractivity contribution in [2.45, 2.75) is 204 Å². The monoisotopic (exact) mass is 1080 g/mol. The Morgan fingerprint density at radius 2 is 1.51 bits per heavy atom. The summed E-state index contributed by atoms with van der Waals surface area (Å²) in [7, 11) is -11.3. The molecule has 0 radical (unpaired) electrons. The Morgan fingerprint density at radius 3 is 2.21 bits per heavy atom. The van der Waals surface area contributed by atoms with E-state index in [1.54, 1.807) is 0 Å². The van der Waals surface area contributed by atoms with Crippen LogP contribution in [0.15, 0.2) is 53.5 Å². The minimum absolute atomic E-state index is 0.00436. The number of carbonyl (C=O) groups excluding carboxylic acids is 3. The van der Waals surface area contributed by atoms with Crippen molar-refractivity contribution in [1.82, 2.24) is 9.55 Å². The molecule has 3 rings (SSSR count). The summed E-state index contributed by atoms with van der Waals surface area (Å²) < 4.78 is 58.9. The number of nitrogen functional groups attached to an aromatic ring is 1. The van der Waals surface area contributed by atoms with E-state index in [-0.39, 0.29) is 31.5 Å². The Kier molecular flexibility index (Phi) is 30.6. The molecule has 0 saturated carbocycles. The van der Waals surface area contributed by atoms with Crippen molar-refractivity contribution in [2.75, 3.05) is 25.6 Å². The van der Waals surface area contributed by atoms with Crippen LogP contribution in [-0.4, -0.2) is 114 Å². The van der Waals surface area contributed by atoms with E-state index in [9.17, 15) is 58.5 Å². The maximum absolute atomic E-state index is 14.3. The fourth-order valence-corrected chi connectivity index (χ4v) is 10.5. The molecule has 416 valence electrons. The normalized spacial score (nSPS) is 29.4. The van der Waals surface area contributed by atoms with Gasteiger partial charge in [-0.3, -0.25) is 28.0 Å². The standard InChI is InChI=1S/C50H83N3O18P2/c1-3-5-7-8-9-10-11-12-13-14-15-16-17-18-23-27-45(57)66-34-38-35-67-72(62,63)71-73(64,65)68-36-43-48(60)47(59)39(30-29-37(54)25-21-6-4-2)41(55)33-42(56)40(26-22-19-20-24-28-46(58)69-38)49(70-43)53-32-31-44(51)52-50(53)61/h9-10,12-13,29-32,37-41,43,47-49,54-55,59-60H,3-8,11,14-28,33-36H2,1-2H3,(H,62,63)(H,64,65)(H2,51,52,61)/b10-9-,13-12-,30-29-/t37-,38+,39-,40-,41+,43+,47-,48+,49+/m0/s1. The van der Waals surface area contributed by atoms with Crippen LogP contribution in [-0.2, 0) is 51.1 Å². The van der Waals surface area contributed by atoms with Gasteiger partial charge in [0.15, 0.2) is 6.10 Å². The van der Waals surface area contributed by atoms with Crippen LogP contribution in [0.25, 0.3) is 0 Å². The molecule has 0 spiro atoms. The van der Waals surface area contributed by atoms with Crippen LogP contribution in [0.2, 0.25) is 0 Å². The molecule has 0 aromatic carbocycles. The molecule has 2 bridgehead atoms. The van der Waals surface area contributed by atoms with E-state index in [1.165, 1.54) is 43.7 Å². The number of ether oxygens (including phenoxy) is 3. The molecule has 2 aliphatic rings. The number of nitrogens with zero attached hydrogens (tertiary/aromatic N) is 2. The average molecular weight is 1080 g/mol. The number of aromatic nitrogens is 2. The number of carbonyl (C=O) groups is 3. The first-order valence-electron chi connectivity index (χ1n) is 26.1. The topological polar surface area (TPSA) is 323 Å². The molecule has 1 aromatic heterocycles. The quantitative estimate of drug-likeness (QED) is 0.0243. The summed E-state index contributed by atoms with van der Waals surface area (Å²) in [5.74, 6) is -4.94. The van der Waals surface area contributed by atoms with E-state index in [0.29, 0.717) is 38.5 Å². The van der Waals surface area contributed by atoms with E-state index in [2.05, 4.69) is 40.5 Å². The van der Waals surface area contributed by atoms with Gasteiger partial charge in [0.1, 0.15) is 36.6 Å². The molecule has 73 heavy (non-hydrogen) atoms. The van der Waals surface area contributed by atoms with E-state index in [4.69, 9.17) is 29.0 Å². The minimum Gasteiger partial charge on any atom is -0.462 e. The average Bonchev–Trinajstić information content (AvgIpc) is 3.33. The number of allylic oxidation sites excluding steroid dienone is 4. The van der Waals surface area contributed by atoms with Gasteiger partial charge in [-0.2, -0.15) is 9.29 Å². The van der Waals surface area contributed by atoms with Crippen LogP contribution >= 0.6 is 15.6 Å². The van der Waals surface area contributed by atoms with Gasteiger partial charge in [-0.25, -0.2) is 13.9 Å². The van der Waals surface area contributed by atoms with Crippen molar-refractivity contribution in [3.63, 3.8) is 0 Å². The smallest absolute Gasteiger partial charge is 0.462 e. The number of hydrogen-bond donors (Lipinski definition) is 7. The SMILES string of the molecule is CCCCC/C=C\C/C=C\CCCCCCCC(=O)OC[C@@H]1COP(=O)(O)OP(=O)(O)OC[C@H]2O[C@@H](n3ccc(N)nc3=O)[C@@H](CCCCCCC(=O)O1)C(=O)C[C@@H](O)[C@H](/C=C\[C@@H](O)CCCCC)[C@H](O)[C@@H]2O. The molecule has 1 aromatic rings. The molecule has 2 fully saturated rings. The number of rotatable bonds is 23. The van der Waals surface area contributed by atoms with Gasteiger partial charge in [0.2, 0.25) is 0 Å². The number of aliphatic hydroxyl groups is 4. The molecular weight excluding hydrogens is 993 g/mol. The van der Waals surface area contributed by atoms with Crippen LogP contribution in [0.1, 0.15) is 168 Å². The fourth-order valence-electron chi connectivity index (χ4n) is 8.41.